The van der Waals surface area contributed by atoms with Gasteiger partial charge in [0.15, 0.2) is 0 Å². The Bertz CT molecular complexity index is 7300. The van der Waals surface area contributed by atoms with Crippen LogP contribution in [0.25, 0.3) is 87.6 Å². The molecule has 0 amide bonds. The monoisotopic (exact) mass is 1590 g/mol. The van der Waals surface area contributed by atoms with Crippen LogP contribution in [0.4, 0.5) is 85.3 Å². The van der Waals surface area contributed by atoms with Crippen LogP contribution in [0, 0.1) is 0 Å². The van der Waals surface area contributed by atoms with E-state index < -0.39 is 0 Å². The van der Waals surface area contributed by atoms with Crippen molar-refractivity contribution in [2.75, 3.05) is 24.5 Å². The van der Waals surface area contributed by atoms with Crippen molar-refractivity contribution in [3.05, 3.63) is 443 Å². The van der Waals surface area contributed by atoms with Gasteiger partial charge in [0.2, 0.25) is 0 Å². The summed E-state index contributed by atoms with van der Waals surface area (Å²) < 4.78 is 2.72. The van der Waals surface area contributed by atoms with Crippen molar-refractivity contribution < 1.29 is 0 Å². The average molecular weight is 1590 g/mol. The van der Waals surface area contributed by atoms with E-state index in [1.807, 2.05) is 0 Å². The quantitative estimate of drug-likeness (QED) is 0.0842. The molecular weight excluding hydrogens is 1520 g/mol. The maximum absolute atomic E-state index is 2.69. The summed E-state index contributed by atoms with van der Waals surface area (Å²) in [4.78, 5) is 12.7. The van der Waals surface area contributed by atoms with Crippen LogP contribution >= 0.6 is 0 Å². The van der Waals surface area contributed by atoms with Crippen LogP contribution in [-0.2, 0) is 0 Å². The Balaban J connectivity index is 0.731. The van der Waals surface area contributed by atoms with Gasteiger partial charge in [-0.1, -0.05) is 84.9 Å². The molecule has 0 aliphatic carbocycles. The number of para-hydroxylation sites is 7. The van der Waals surface area contributed by atoms with Crippen molar-refractivity contribution in [3.8, 4) is 44.5 Å². The van der Waals surface area contributed by atoms with Crippen LogP contribution in [0.5, 0.6) is 0 Å². The summed E-state index contributed by atoms with van der Waals surface area (Å²) in [7, 11) is 0. The molecule has 0 N–H and O–H groups in total. The van der Waals surface area contributed by atoms with Crippen LogP contribution in [0.2, 0.25) is 0 Å². The summed E-state index contributed by atoms with van der Waals surface area (Å²) in [5.41, 5.74) is 34.4. The first-order valence-corrected chi connectivity index (χ1v) is 43.2. The standard InChI is InChI=1S/C112H73B2N5Se/c1-8-34-74(35-9-1)107-87-48-22-26-52-91(87)109(92-53-27-23-49-88(92)107)76-60-64-83(65-61-76)116(80-42-16-5-17-43-80)86-70-104-112-106(71-86)120-105-73-101-97(72-98(105)114(112)96-57-31-33-59-100(96)118(104)84-66-62-77(63-67-84)110-93-54-28-24-50-89(93)108(75-36-10-2-11-37-75)90-51-25-29-55-94(90)110)113-95-56-30-32-58-99(95)117(81-44-18-6-19-45-81)102-68-85(69-103(111(102)113)119(101)82-46-20-7-21-47-82)115(78-38-12-3-13-39-78)79-40-14-4-15-41-79/h1-73H. The molecule has 0 bridgehead atoms. The van der Waals surface area contributed by atoms with Gasteiger partial charge in [-0.2, -0.15) is 0 Å². The number of anilines is 15. The normalized spacial score (nSPS) is 12.7. The maximum Gasteiger partial charge on any atom is -0.0543 e. The SMILES string of the molecule is c1ccc(-c2c3ccccc3c(-c3ccc(N(c4ccccc4)c4cc5c6c(c4)N(c4ccc(-c7c8ccccc8c(-c8ccccc8)c8ccccc78)cc4)c4ccccc4B6c4cc6c(cc4[Se]5)N(c4ccccc4)c4cc(N(c5ccccc5)c5ccccc5)cc5c4B6c4ccccc4N5c4ccccc4)cc3)c3ccccc23)cc1. The van der Waals surface area contributed by atoms with Crippen LogP contribution in [0.1, 0.15) is 0 Å². The fraction of sp³-hybridized carbons (Fsp3) is 0. The summed E-state index contributed by atoms with van der Waals surface area (Å²) in [6.07, 6.45) is 0. The Kier molecular flexibility index (Phi) is 16.5. The number of hydrogen-bond acceptors (Lipinski definition) is 5. The molecule has 0 saturated carbocycles. The van der Waals surface area contributed by atoms with Crippen molar-refractivity contribution in [2.45, 2.75) is 0 Å². The second kappa shape index (κ2) is 28.5. The van der Waals surface area contributed by atoms with E-state index in [1.165, 1.54) is 146 Å². The van der Waals surface area contributed by atoms with Gasteiger partial charge in [-0.3, -0.25) is 0 Å². The Hall–Kier alpha value is -14.9. The molecule has 20 aromatic carbocycles. The molecule has 4 aliphatic heterocycles. The van der Waals surface area contributed by atoms with E-state index >= 15 is 0 Å². The second-order valence-electron chi connectivity index (χ2n) is 31.7. The average Bonchev–Trinajstić information content (AvgIpc) is 0.684. The molecule has 0 unspecified atom stereocenters. The fourth-order valence-electron chi connectivity index (χ4n) is 20.2. The van der Waals surface area contributed by atoms with Crippen LogP contribution in [0.3, 0.4) is 0 Å². The minimum absolute atomic E-state index is 0.131. The Morgan fingerprint density at radius 3 is 0.875 bits per heavy atom. The van der Waals surface area contributed by atoms with E-state index in [0.717, 1.165) is 68.2 Å². The third kappa shape index (κ3) is 11.1. The number of rotatable bonds is 13. The van der Waals surface area contributed by atoms with Crippen molar-refractivity contribution in [1.29, 1.82) is 0 Å². The zero-order valence-corrected chi connectivity index (χ0v) is 67.2. The molecule has 24 rings (SSSR count). The summed E-state index contributed by atoms with van der Waals surface area (Å²) >= 11 is -0.237. The predicted octanol–water partition coefficient (Wildman–Crippen LogP) is 24.3. The predicted molar refractivity (Wildman–Crippen MR) is 512 cm³/mol. The minimum Gasteiger partial charge on any atom is -0.0617 e. The Morgan fingerprint density at radius 2 is 0.475 bits per heavy atom. The molecule has 0 spiro atoms. The van der Waals surface area contributed by atoms with Crippen molar-refractivity contribution in [1.82, 2.24) is 0 Å². The number of fused-ring (bicyclic) bond motifs is 12. The summed E-state index contributed by atoms with van der Waals surface area (Å²) in [5, 5.41) is 9.88. The van der Waals surface area contributed by atoms with E-state index in [4.69, 9.17) is 0 Å². The minimum atomic E-state index is -0.237. The number of benzene rings is 20. The fourth-order valence-corrected chi connectivity index (χ4v) is 22.8. The summed E-state index contributed by atoms with van der Waals surface area (Å²) in [5.74, 6) is 0. The largest absolute Gasteiger partial charge is 0.0617 e. The van der Waals surface area contributed by atoms with Crippen molar-refractivity contribution in [2.24, 2.45) is 0 Å². The Labute approximate surface area is 705 Å². The molecule has 4 aliphatic rings. The molecule has 0 saturated heterocycles. The molecule has 558 valence electrons. The van der Waals surface area contributed by atoms with Gasteiger partial charge >= 0.3 is 614 Å². The van der Waals surface area contributed by atoms with Gasteiger partial charge in [-0.15, -0.1) is 0 Å². The molecule has 0 fully saturated rings. The van der Waals surface area contributed by atoms with Crippen LogP contribution in [-0.4, -0.2) is 28.4 Å². The molecule has 5 nitrogen and oxygen atoms in total. The van der Waals surface area contributed by atoms with Crippen molar-refractivity contribution >= 4 is 198 Å². The van der Waals surface area contributed by atoms with E-state index in [2.05, 4.69) is 467 Å². The van der Waals surface area contributed by atoms with E-state index in [-0.39, 0.29) is 28.4 Å². The van der Waals surface area contributed by atoms with Gasteiger partial charge in [0.1, 0.15) is 0 Å². The zero-order valence-electron chi connectivity index (χ0n) is 65.4. The molecule has 8 heteroatoms. The molecular formula is C112H73B2N5Se. The van der Waals surface area contributed by atoms with Gasteiger partial charge in [-0.05, 0) is 11.1 Å². The van der Waals surface area contributed by atoms with E-state index in [0.29, 0.717) is 0 Å². The summed E-state index contributed by atoms with van der Waals surface area (Å²) in [6, 6.07) is 166. The van der Waals surface area contributed by atoms with Gasteiger partial charge < -0.3 is 0 Å². The maximum atomic E-state index is 2.69. The topological polar surface area (TPSA) is 16.2 Å². The van der Waals surface area contributed by atoms with E-state index in [1.54, 1.807) is 0 Å². The van der Waals surface area contributed by atoms with Gasteiger partial charge in [0, 0.05) is 0 Å². The first kappa shape index (κ1) is 69.4. The molecule has 120 heavy (non-hydrogen) atoms. The molecule has 4 heterocycles. The van der Waals surface area contributed by atoms with Gasteiger partial charge in [-0.25, -0.2) is 0 Å². The smallest absolute Gasteiger partial charge is 0.0543 e. The zero-order chi connectivity index (χ0) is 78.9. The molecule has 20 aromatic rings. The third-order valence-electron chi connectivity index (χ3n) is 25.2. The number of nitrogens with zero attached hydrogens (tertiary/aromatic N) is 5. The third-order valence-corrected chi connectivity index (χ3v) is 27.5. The first-order chi connectivity index (χ1) is 59.6. The van der Waals surface area contributed by atoms with Crippen molar-refractivity contribution in [3.63, 3.8) is 0 Å². The molecule has 0 radical (unpaired) electrons. The van der Waals surface area contributed by atoms with E-state index in [9.17, 15) is 0 Å². The number of hydrogen-bond donors (Lipinski definition) is 0. The first-order valence-electron chi connectivity index (χ1n) is 41.4. The molecule has 0 atom stereocenters. The van der Waals surface area contributed by atoms with Crippen LogP contribution < -0.4 is 66.2 Å². The second-order valence-corrected chi connectivity index (χ2v) is 33.9. The molecule has 0 aromatic heterocycles. The Morgan fingerprint density at radius 1 is 0.183 bits per heavy atom. The summed E-state index contributed by atoms with van der Waals surface area (Å²) in [6.45, 7) is -0.277. The van der Waals surface area contributed by atoms with Gasteiger partial charge in [0.05, 0.1) is 0 Å². The van der Waals surface area contributed by atoms with Gasteiger partial charge in [0.25, 0.3) is 0 Å². The van der Waals surface area contributed by atoms with Crippen LogP contribution in [0.15, 0.2) is 443 Å².